The van der Waals surface area contributed by atoms with E-state index in [9.17, 15) is 40.7 Å². The molecule has 2 N–H and O–H groups in total. The van der Waals surface area contributed by atoms with Crippen LogP contribution in [0.4, 0.5) is 33.3 Å². The fourth-order valence-electron chi connectivity index (χ4n) is 5.96. The van der Waals surface area contributed by atoms with Gasteiger partial charge in [0.15, 0.2) is 0 Å². The average molecular weight is 665 g/mol. The van der Waals surface area contributed by atoms with E-state index < -0.39 is 73.6 Å². The van der Waals surface area contributed by atoms with E-state index in [0.29, 0.717) is 41.3 Å². The number of carboxylic acids is 1. The van der Waals surface area contributed by atoms with Gasteiger partial charge in [-0.15, -0.1) is 0 Å². The first kappa shape index (κ1) is 32.9. The lowest BCUT2D eigenvalue weighted by Crippen LogP contribution is -2.40. The van der Waals surface area contributed by atoms with Crippen LogP contribution in [-0.2, 0) is 32.8 Å². The van der Waals surface area contributed by atoms with Crippen LogP contribution in [0.5, 0.6) is 0 Å². The second-order valence-electron chi connectivity index (χ2n) is 11.2. The summed E-state index contributed by atoms with van der Waals surface area (Å²) in [6.45, 7) is 1.70. The van der Waals surface area contributed by atoms with E-state index in [1.807, 2.05) is 0 Å². The van der Waals surface area contributed by atoms with Gasteiger partial charge in [-0.25, -0.2) is 22.2 Å². The smallest absolute Gasteiger partial charge is 0.416 e. The van der Waals surface area contributed by atoms with E-state index in [1.165, 1.54) is 37.4 Å². The fourth-order valence-corrected chi connectivity index (χ4v) is 7.22. The van der Waals surface area contributed by atoms with Gasteiger partial charge in [0, 0.05) is 20.2 Å². The number of aromatic nitrogens is 2. The fraction of sp³-hybridized carbons (Fsp3) is 0.323. The van der Waals surface area contributed by atoms with Crippen LogP contribution in [0, 0.1) is 30.4 Å². The van der Waals surface area contributed by atoms with Crippen molar-refractivity contribution >= 4 is 44.3 Å². The maximum absolute atomic E-state index is 15.0. The van der Waals surface area contributed by atoms with Crippen molar-refractivity contribution in [2.45, 2.75) is 43.2 Å². The summed E-state index contributed by atoms with van der Waals surface area (Å²) < 4.78 is 97.5. The number of imidazole rings is 1. The number of aryl methyl sites for hydroxylation is 2. The first-order chi connectivity index (χ1) is 21.5. The number of carbonyl (C=O) groups excluding carboxylic acids is 1. The molecule has 0 radical (unpaired) electrons. The minimum atomic E-state index is -4.79. The highest BCUT2D eigenvalue weighted by molar-refractivity contribution is 7.92. The first-order valence-corrected chi connectivity index (χ1v) is 15.6. The molecular formula is C31H29F5N4O5S. The molecule has 5 rings (SSSR count). The van der Waals surface area contributed by atoms with Crippen LogP contribution in [-0.4, -0.2) is 42.0 Å². The SMILES string of the molecule is Cc1nc2cc(S(=O)(=O)N(C)c3ccc([C@H]4CCC[C@@H](C(=O)Nc5ccc(C(F)(F)F)cc5F)[C@@H]4C(=O)O)cc3)c(F)cc2n1C. The lowest BCUT2D eigenvalue weighted by Gasteiger charge is -2.35. The van der Waals surface area contributed by atoms with E-state index in [-0.39, 0.29) is 18.2 Å². The lowest BCUT2D eigenvalue weighted by atomic mass is 9.69. The second-order valence-corrected chi connectivity index (χ2v) is 13.2. The minimum Gasteiger partial charge on any atom is -0.481 e. The van der Waals surface area contributed by atoms with Gasteiger partial charge in [0.1, 0.15) is 22.4 Å². The molecule has 0 bridgehead atoms. The first-order valence-electron chi connectivity index (χ1n) is 14.1. The van der Waals surface area contributed by atoms with Gasteiger partial charge >= 0.3 is 12.1 Å². The molecule has 1 aliphatic rings. The second kappa shape index (κ2) is 12.0. The third-order valence-corrected chi connectivity index (χ3v) is 10.4. The molecule has 1 aromatic heterocycles. The number of alkyl halides is 3. The molecule has 0 aliphatic heterocycles. The highest BCUT2D eigenvalue weighted by Crippen LogP contribution is 2.43. The molecule has 1 saturated carbocycles. The number of anilines is 2. The van der Waals surface area contributed by atoms with Crippen molar-refractivity contribution in [3.63, 3.8) is 0 Å². The maximum Gasteiger partial charge on any atom is 0.416 e. The van der Waals surface area contributed by atoms with Crippen LogP contribution < -0.4 is 9.62 Å². The monoisotopic (exact) mass is 664 g/mol. The summed E-state index contributed by atoms with van der Waals surface area (Å²) in [7, 11) is -1.44. The van der Waals surface area contributed by atoms with Crippen molar-refractivity contribution in [3.8, 4) is 0 Å². The van der Waals surface area contributed by atoms with Crippen molar-refractivity contribution in [2.24, 2.45) is 18.9 Å². The Labute approximate surface area is 260 Å². The minimum absolute atomic E-state index is 0.145. The Morgan fingerprint density at radius 2 is 1.70 bits per heavy atom. The number of amides is 1. The summed E-state index contributed by atoms with van der Waals surface area (Å²) in [5.74, 6) is -6.92. The van der Waals surface area contributed by atoms with Gasteiger partial charge in [-0.1, -0.05) is 18.6 Å². The van der Waals surface area contributed by atoms with E-state index in [4.69, 9.17) is 0 Å². The molecule has 0 unspecified atom stereocenters. The van der Waals surface area contributed by atoms with Gasteiger partial charge in [0.05, 0.1) is 39.8 Å². The van der Waals surface area contributed by atoms with Crippen LogP contribution in [0.2, 0.25) is 0 Å². The summed E-state index contributed by atoms with van der Waals surface area (Å²) in [6.07, 6.45) is -3.84. The van der Waals surface area contributed by atoms with Crippen LogP contribution in [0.15, 0.2) is 59.5 Å². The molecule has 1 fully saturated rings. The molecule has 15 heteroatoms. The van der Waals surface area contributed by atoms with Crippen molar-refractivity contribution in [1.82, 2.24) is 9.55 Å². The third-order valence-electron chi connectivity index (χ3n) is 8.55. The van der Waals surface area contributed by atoms with Gasteiger partial charge in [-0.05, 0) is 67.6 Å². The van der Waals surface area contributed by atoms with Crippen LogP contribution in [0.3, 0.4) is 0 Å². The third kappa shape index (κ3) is 6.02. The molecule has 9 nitrogen and oxygen atoms in total. The quantitative estimate of drug-likeness (QED) is 0.226. The standard InChI is InChI=1S/C31H29F5N4O5S/c1-16-37-25-15-27(23(33)14-26(25)39(16)2)46(44,45)40(3)19-10-7-17(8-11-19)20-5-4-6-21(28(20)30(42)43)29(41)38-24-12-9-18(13-22(24)32)31(34,35)36/h7-15,20-21,28H,4-6H2,1-3H3,(H,38,41)(H,42,43)/t20-,21-,28-/m1/s1. The Hall–Kier alpha value is -4.53. The Bertz CT molecular complexity index is 1940. The predicted molar refractivity (Wildman–Crippen MR) is 159 cm³/mol. The van der Waals surface area contributed by atoms with Crippen LogP contribution in [0.25, 0.3) is 11.0 Å². The number of aliphatic carboxylic acids is 1. The summed E-state index contributed by atoms with van der Waals surface area (Å²) in [5, 5.41) is 12.4. The Kier molecular flexibility index (Phi) is 8.57. The zero-order valence-electron chi connectivity index (χ0n) is 24.8. The number of hydrogen-bond acceptors (Lipinski definition) is 5. The molecule has 4 aromatic rings. The molecule has 0 spiro atoms. The molecule has 1 heterocycles. The lowest BCUT2D eigenvalue weighted by molar-refractivity contribution is -0.148. The zero-order valence-corrected chi connectivity index (χ0v) is 25.6. The van der Waals surface area contributed by atoms with Gasteiger partial charge in [0.2, 0.25) is 5.91 Å². The number of sulfonamides is 1. The summed E-state index contributed by atoms with van der Waals surface area (Å²) >= 11 is 0. The Morgan fingerprint density at radius 3 is 2.30 bits per heavy atom. The summed E-state index contributed by atoms with van der Waals surface area (Å²) in [5.41, 5.74) is -0.350. The number of carboxylic acid groups (broad SMARTS) is 1. The number of carbonyl (C=O) groups is 2. The topological polar surface area (TPSA) is 122 Å². The van der Waals surface area contributed by atoms with Crippen molar-refractivity contribution in [2.75, 3.05) is 16.7 Å². The van der Waals surface area contributed by atoms with E-state index in [2.05, 4.69) is 10.3 Å². The van der Waals surface area contributed by atoms with Crippen molar-refractivity contribution in [1.29, 1.82) is 0 Å². The molecule has 3 aromatic carbocycles. The van der Waals surface area contributed by atoms with Crippen LogP contribution >= 0.6 is 0 Å². The molecule has 3 atom stereocenters. The van der Waals surface area contributed by atoms with Gasteiger partial charge in [0.25, 0.3) is 10.0 Å². The number of fused-ring (bicyclic) bond motifs is 1. The predicted octanol–water partition coefficient (Wildman–Crippen LogP) is 6.23. The number of hydrogen-bond donors (Lipinski definition) is 2. The normalized spacial score (nSPS) is 18.8. The molecule has 0 saturated heterocycles. The van der Waals surface area contributed by atoms with Crippen molar-refractivity contribution < 1.29 is 45.1 Å². The van der Waals surface area contributed by atoms with E-state index >= 15 is 4.39 Å². The van der Waals surface area contributed by atoms with Gasteiger partial charge in [-0.3, -0.25) is 13.9 Å². The largest absolute Gasteiger partial charge is 0.481 e. The molecule has 46 heavy (non-hydrogen) atoms. The number of rotatable bonds is 7. The number of nitrogens with zero attached hydrogens (tertiary/aromatic N) is 3. The van der Waals surface area contributed by atoms with Crippen molar-refractivity contribution in [3.05, 3.63) is 83.2 Å². The molecular weight excluding hydrogens is 635 g/mol. The average Bonchev–Trinajstić information content (AvgIpc) is 3.28. The number of halogens is 5. The number of nitrogens with one attached hydrogen (secondary N) is 1. The Morgan fingerprint density at radius 1 is 1.02 bits per heavy atom. The van der Waals surface area contributed by atoms with Crippen LogP contribution in [0.1, 0.15) is 42.1 Å². The molecule has 1 aliphatic carbocycles. The summed E-state index contributed by atoms with van der Waals surface area (Å²) in [6, 6.07) is 9.84. The highest BCUT2D eigenvalue weighted by Gasteiger charge is 2.43. The number of benzene rings is 3. The summed E-state index contributed by atoms with van der Waals surface area (Å²) in [4.78, 5) is 29.3. The molecule has 244 valence electrons. The van der Waals surface area contributed by atoms with Gasteiger partial charge in [-0.2, -0.15) is 13.2 Å². The zero-order chi connectivity index (χ0) is 33.7. The maximum atomic E-state index is 15.0. The van der Waals surface area contributed by atoms with E-state index in [0.717, 1.165) is 16.4 Å². The van der Waals surface area contributed by atoms with Gasteiger partial charge < -0.3 is 15.0 Å². The van der Waals surface area contributed by atoms with E-state index in [1.54, 1.807) is 18.5 Å². The Balaban J connectivity index is 1.37. The highest BCUT2D eigenvalue weighted by atomic mass is 32.2. The molecule has 1 amide bonds.